The van der Waals surface area contributed by atoms with Crippen LogP contribution >= 0.6 is 0 Å². The third-order valence-corrected chi connectivity index (χ3v) is 4.51. The van der Waals surface area contributed by atoms with E-state index in [1.165, 1.54) is 6.07 Å². The van der Waals surface area contributed by atoms with Gasteiger partial charge in [-0.2, -0.15) is 5.10 Å². The van der Waals surface area contributed by atoms with Crippen LogP contribution < -0.4 is 10.6 Å². The summed E-state index contributed by atoms with van der Waals surface area (Å²) in [6, 6.07) is 5.47. The average Bonchev–Trinajstić information content (AvgIpc) is 3.09. The maximum absolute atomic E-state index is 14.0. The number of aliphatic imine (C=N–C) groups is 1. The maximum Gasteiger partial charge on any atom is 0.191 e. The van der Waals surface area contributed by atoms with Crippen LogP contribution in [-0.2, 0) is 26.1 Å². The van der Waals surface area contributed by atoms with E-state index in [0.29, 0.717) is 18.7 Å². The van der Waals surface area contributed by atoms with Gasteiger partial charge in [0.2, 0.25) is 0 Å². The Hall–Kier alpha value is -2.48. The first-order valence-electron chi connectivity index (χ1n) is 9.38. The topological polar surface area (TPSA) is 70.4 Å². The molecular formula is C19H28FN7. The molecule has 1 aliphatic rings. The first kappa shape index (κ1) is 19.3. The molecule has 1 aliphatic heterocycles. The number of aromatic nitrogens is 3. The monoisotopic (exact) mass is 373 g/mol. The summed E-state index contributed by atoms with van der Waals surface area (Å²) in [6.45, 7) is 4.67. The summed E-state index contributed by atoms with van der Waals surface area (Å²) >= 11 is 0. The largest absolute Gasteiger partial charge is 0.357 e. The predicted octanol–water partition coefficient (Wildman–Crippen LogP) is 1.55. The van der Waals surface area contributed by atoms with E-state index < -0.39 is 0 Å². The minimum atomic E-state index is -0.174. The highest BCUT2D eigenvalue weighted by Gasteiger charge is 2.20. The molecule has 1 atom stereocenters. The van der Waals surface area contributed by atoms with E-state index in [-0.39, 0.29) is 11.9 Å². The molecule has 2 heterocycles. The summed E-state index contributed by atoms with van der Waals surface area (Å²) in [7, 11) is 3.87. The molecule has 27 heavy (non-hydrogen) atoms. The van der Waals surface area contributed by atoms with Gasteiger partial charge < -0.3 is 15.5 Å². The Morgan fingerprint density at radius 1 is 1.41 bits per heavy atom. The van der Waals surface area contributed by atoms with Gasteiger partial charge in [0.05, 0.1) is 13.1 Å². The fourth-order valence-corrected chi connectivity index (χ4v) is 3.23. The molecule has 1 aromatic carbocycles. The van der Waals surface area contributed by atoms with Crippen LogP contribution in [0, 0.1) is 5.82 Å². The van der Waals surface area contributed by atoms with Crippen molar-refractivity contribution < 1.29 is 4.39 Å². The number of hydrogen-bond acceptors (Lipinski definition) is 4. The number of fused-ring (bicyclic) bond motifs is 1. The van der Waals surface area contributed by atoms with Crippen LogP contribution in [0.15, 0.2) is 29.5 Å². The van der Waals surface area contributed by atoms with Gasteiger partial charge in [-0.1, -0.05) is 6.07 Å². The number of halogens is 1. The molecule has 0 saturated carbocycles. The third kappa shape index (κ3) is 5.26. The molecule has 0 bridgehead atoms. The lowest BCUT2D eigenvalue weighted by Gasteiger charge is -2.25. The van der Waals surface area contributed by atoms with Crippen molar-refractivity contribution in [2.45, 2.75) is 45.4 Å². The van der Waals surface area contributed by atoms with Gasteiger partial charge >= 0.3 is 0 Å². The summed E-state index contributed by atoms with van der Waals surface area (Å²) in [5, 5.41) is 11.0. The highest BCUT2D eigenvalue weighted by atomic mass is 19.1. The molecule has 0 radical (unpaired) electrons. The Balaban J connectivity index is 1.65. The van der Waals surface area contributed by atoms with E-state index in [4.69, 9.17) is 0 Å². The van der Waals surface area contributed by atoms with Crippen molar-refractivity contribution in [3.05, 3.63) is 47.3 Å². The molecule has 1 aromatic heterocycles. The van der Waals surface area contributed by atoms with E-state index in [9.17, 15) is 4.39 Å². The Morgan fingerprint density at radius 3 is 3.04 bits per heavy atom. The summed E-state index contributed by atoms with van der Waals surface area (Å²) in [5.74, 6) is 1.63. The van der Waals surface area contributed by atoms with E-state index in [2.05, 4.69) is 25.7 Å². The van der Waals surface area contributed by atoms with E-state index >= 15 is 0 Å². The van der Waals surface area contributed by atoms with Gasteiger partial charge in [0.1, 0.15) is 18.0 Å². The van der Waals surface area contributed by atoms with Gasteiger partial charge in [0, 0.05) is 31.1 Å². The van der Waals surface area contributed by atoms with Crippen LogP contribution in [0.3, 0.4) is 0 Å². The van der Waals surface area contributed by atoms with Crippen molar-refractivity contribution in [1.82, 2.24) is 30.3 Å². The van der Waals surface area contributed by atoms with Crippen molar-refractivity contribution in [3.63, 3.8) is 0 Å². The molecule has 0 saturated heterocycles. The fourth-order valence-electron chi connectivity index (χ4n) is 3.23. The third-order valence-electron chi connectivity index (χ3n) is 4.51. The molecule has 0 amide bonds. The van der Waals surface area contributed by atoms with Crippen molar-refractivity contribution in [1.29, 1.82) is 0 Å². The molecule has 8 heteroatoms. The highest BCUT2D eigenvalue weighted by molar-refractivity contribution is 5.80. The standard InChI is InChI=1S/C19H28FN7/c1-4-21-19(25-16-6-8-18-23-13-24-27(18)12-16)22-10-14-5-7-17(20)15(9-14)11-26(2)3/h5,7,9,13,16H,4,6,8,10-12H2,1-3H3,(H2,21,22,25). The molecule has 146 valence electrons. The van der Waals surface area contributed by atoms with Gasteiger partial charge in [-0.25, -0.2) is 19.0 Å². The lowest BCUT2D eigenvalue weighted by atomic mass is 10.1. The van der Waals surface area contributed by atoms with Gasteiger partial charge in [0.15, 0.2) is 5.96 Å². The fraction of sp³-hybridized carbons (Fsp3) is 0.526. The Labute approximate surface area is 159 Å². The summed E-state index contributed by atoms with van der Waals surface area (Å²) < 4.78 is 15.9. The number of benzene rings is 1. The van der Waals surface area contributed by atoms with Gasteiger partial charge in [0.25, 0.3) is 0 Å². The van der Waals surface area contributed by atoms with Crippen LogP contribution in [0.4, 0.5) is 4.39 Å². The normalized spacial score (nSPS) is 17.1. The highest BCUT2D eigenvalue weighted by Crippen LogP contribution is 2.14. The number of aryl methyl sites for hydroxylation is 1. The van der Waals surface area contributed by atoms with Gasteiger partial charge in [-0.3, -0.25) is 0 Å². The zero-order valence-corrected chi connectivity index (χ0v) is 16.2. The molecule has 7 nitrogen and oxygen atoms in total. The van der Waals surface area contributed by atoms with Crippen LogP contribution in [0.5, 0.6) is 0 Å². The second-order valence-corrected chi connectivity index (χ2v) is 7.10. The minimum absolute atomic E-state index is 0.174. The lowest BCUT2D eigenvalue weighted by molar-refractivity contribution is 0.392. The van der Waals surface area contributed by atoms with Crippen molar-refractivity contribution in [2.24, 2.45) is 4.99 Å². The summed E-state index contributed by atoms with van der Waals surface area (Å²) in [5.41, 5.74) is 1.68. The van der Waals surface area contributed by atoms with Gasteiger partial charge in [-0.15, -0.1) is 0 Å². The SMILES string of the molecule is CCNC(=NCc1ccc(F)c(CN(C)C)c1)NC1CCc2ncnn2C1. The van der Waals surface area contributed by atoms with Crippen LogP contribution in [-0.4, -0.2) is 52.3 Å². The van der Waals surface area contributed by atoms with Crippen molar-refractivity contribution >= 4 is 5.96 Å². The molecule has 0 aliphatic carbocycles. The Morgan fingerprint density at radius 2 is 2.26 bits per heavy atom. The maximum atomic E-state index is 14.0. The number of nitrogens with one attached hydrogen (secondary N) is 2. The van der Waals surface area contributed by atoms with Crippen LogP contribution in [0.2, 0.25) is 0 Å². The quantitative estimate of drug-likeness (QED) is 0.594. The minimum Gasteiger partial charge on any atom is -0.357 e. The lowest BCUT2D eigenvalue weighted by Crippen LogP contribution is -2.47. The number of hydrogen-bond donors (Lipinski definition) is 2. The molecule has 2 N–H and O–H groups in total. The average molecular weight is 373 g/mol. The van der Waals surface area contributed by atoms with Crippen molar-refractivity contribution in [2.75, 3.05) is 20.6 Å². The smallest absolute Gasteiger partial charge is 0.191 e. The molecule has 2 aromatic rings. The number of nitrogens with zero attached hydrogens (tertiary/aromatic N) is 5. The number of guanidine groups is 1. The Kier molecular flexibility index (Phi) is 6.39. The zero-order chi connectivity index (χ0) is 19.2. The predicted molar refractivity (Wildman–Crippen MR) is 104 cm³/mol. The van der Waals surface area contributed by atoms with E-state index in [1.807, 2.05) is 36.7 Å². The first-order chi connectivity index (χ1) is 13.0. The van der Waals surface area contributed by atoms with Crippen molar-refractivity contribution in [3.8, 4) is 0 Å². The summed E-state index contributed by atoms with van der Waals surface area (Å²) in [6.07, 6.45) is 3.51. The molecule has 0 fully saturated rings. The zero-order valence-electron chi connectivity index (χ0n) is 16.2. The molecule has 0 spiro atoms. The van der Waals surface area contributed by atoms with Crippen LogP contribution in [0.25, 0.3) is 0 Å². The van der Waals surface area contributed by atoms with E-state index in [0.717, 1.165) is 43.3 Å². The summed E-state index contributed by atoms with van der Waals surface area (Å²) in [4.78, 5) is 10.9. The number of rotatable bonds is 6. The second kappa shape index (κ2) is 8.94. The van der Waals surface area contributed by atoms with Crippen LogP contribution in [0.1, 0.15) is 30.3 Å². The molecule has 3 rings (SSSR count). The second-order valence-electron chi connectivity index (χ2n) is 7.10. The molecular weight excluding hydrogens is 345 g/mol. The first-order valence-corrected chi connectivity index (χ1v) is 9.38. The molecule has 1 unspecified atom stereocenters. The Bertz CT molecular complexity index is 784. The van der Waals surface area contributed by atoms with E-state index in [1.54, 1.807) is 12.4 Å². The van der Waals surface area contributed by atoms with Gasteiger partial charge in [-0.05, 0) is 45.1 Å².